The van der Waals surface area contributed by atoms with Gasteiger partial charge in [-0.2, -0.15) is 24.7 Å². The first-order valence-electron chi connectivity index (χ1n) is 6.20. The molecule has 3 heterocycles. The molecule has 1 aliphatic heterocycles. The monoisotopic (exact) mass is 260 g/mol. The molecule has 0 bridgehead atoms. The zero-order valence-corrected chi connectivity index (χ0v) is 11.0. The maximum Gasteiger partial charge on any atom is 0.258 e. The summed E-state index contributed by atoms with van der Waals surface area (Å²) in [6, 6.07) is 0. The van der Waals surface area contributed by atoms with E-state index in [1.54, 1.807) is 0 Å². The van der Waals surface area contributed by atoms with Crippen molar-refractivity contribution in [2.45, 2.75) is 32.2 Å². The van der Waals surface area contributed by atoms with E-state index in [-0.39, 0.29) is 11.5 Å². The van der Waals surface area contributed by atoms with E-state index in [1.165, 1.54) is 17.3 Å². The van der Waals surface area contributed by atoms with Gasteiger partial charge in [0.05, 0.1) is 0 Å². The highest BCUT2D eigenvalue weighted by molar-refractivity contribution is 5.41. The molecule has 0 atom stereocenters. The number of anilines is 2. The average Bonchev–Trinajstić information content (AvgIpc) is 2.96. The second-order valence-electron chi connectivity index (χ2n) is 5.20. The molecule has 19 heavy (non-hydrogen) atoms. The Morgan fingerprint density at radius 3 is 2.63 bits per heavy atom. The van der Waals surface area contributed by atoms with Gasteiger partial charge >= 0.3 is 0 Å². The van der Waals surface area contributed by atoms with Crippen molar-refractivity contribution in [3.05, 3.63) is 12.7 Å². The fourth-order valence-corrected chi connectivity index (χ4v) is 2.38. The van der Waals surface area contributed by atoms with E-state index in [0.717, 1.165) is 19.4 Å². The van der Waals surface area contributed by atoms with Gasteiger partial charge in [-0.15, -0.1) is 0 Å². The number of hydrogen-bond donors (Lipinski definition) is 1. The SMILES string of the molecule is CC1(C)CCCN1c1nc(N)nc(-n2cncn2)n1. The fourth-order valence-electron chi connectivity index (χ4n) is 2.38. The van der Waals surface area contributed by atoms with Gasteiger partial charge in [0.2, 0.25) is 11.9 Å². The highest BCUT2D eigenvalue weighted by Crippen LogP contribution is 2.31. The second-order valence-corrected chi connectivity index (χ2v) is 5.20. The van der Waals surface area contributed by atoms with Crippen molar-refractivity contribution in [3.8, 4) is 5.95 Å². The van der Waals surface area contributed by atoms with Gasteiger partial charge in [0.25, 0.3) is 5.95 Å². The lowest BCUT2D eigenvalue weighted by Gasteiger charge is -2.31. The van der Waals surface area contributed by atoms with Crippen LogP contribution in [0.15, 0.2) is 12.7 Å². The van der Waals surface area contributed by atoms with Crippen molar-refractivity contribution >= 4 is 11.9 Å². The lowest BCUT2D eigenvalue weighted by molar-refractivity contribution is 0.509. The summed E-state index contributed by atoms with van der Waals surface area (Å²) >= 11 is 0. The summed E-state index contributed by atoms with van der Waals surface area (Å²) in [7, 11) is 0. The predicted octanol–water partition coefficient (Wildman–Crippen LogP) is 0.413. The molecule has 0 aliphatic carbocycles. The van der Waals surface area contributed by atoms with E-state index < -0.39 is 0 Å². The molecular formula is C11H16N8. The molecule has 8 heteroatoms. The van der Waals surface area contributed by atoms with Crippen LogP contribution < -0.4 is 10.6 Å². The Hall–Kier alpha value is -2.25. The number of rotatable bonds is 2. The normalized spacial score (nSPS) is 17.9. The Kier molecular flexibility index (Phi) is 2.58. The molecule has 1 aliphatic rings. The second kappa shape index (κ2) is 4.15. The molecule has 0 aromatic carbocycles. The van der Waals surface area contributed by atoms with Gasteiger partial charge in [0.15, 0.2) is 0 Å². The Morgan fingerprint density at radius 1 is 1.21 bits per heavy atom. The highest BCUT2D eigenvalue weighted by Gasteiger charge is 2.34. The molecule has 0 amide bonds. The molecule has 0 unspecified atom stereocenters. The van der Waals surface area contributed by atoms with Gasteiger partial charge in [-0.05, 0) is 26.7 Å². The van der Waals surface area contributed by atoms with Crippen LogP contribution in [0.5, 0.6) is 0 Å². The van der Waals surface area contributed by atoms with Crippen LogP contribution in [-0.4, -0.2) is 41.8 Å². The first-order valence-corrected chi connectivity index (χ1v) is 6.20. The summed E-state index contributed by atoms with van der Waals surface area (Å²) in [5, 5.41) is 4.01. The molecule has 0 radical (unpaired) electrons. The minimum Gasteiger partial charge on any atom is -0.368 e. The summed E-state index contributed by atoms with van der Waals surface area (Å²) in [4.78, 5) is 18.8. The number of hydrogen-bond acceptors (Lipinski definition) is 7. The Balaban J connectivity index is 2.03. The predicted molar refractivity (Wildman–Crippen MR) is 69.8 cm³/mol. The topological polar surface area (TPSA) is 98.6 Å². The molecule has 100 valence electrons. The van der Waals surface area contributed by atoms with E-state index in [9.17, 15) is 0 Å². The third-order valence-corrected chi connectivity index (χ3v) is 3.40. The standard InChI is InChI=1S/C11H16N8/c1-11(2)4-3-5-18(11)9-15-8(12)16-10(17-9)19-7-13-6-14-19/h6-7H,3-5H2,1-2H3,(H2,12,15,16,17). The summed E-state index contributed by atoms with van der Waals surface area (Å²) in [5.41, 5.74) is 5.81. The van der Waals surface area contributed by atoms with Crippen LogP contribution in [0.25, 0.3) is 5.95 Å². The number of nitrogens with two attached hydrogens (primary N) is 1. The van der Waals surface area contributed by atoms with Gasteiger partial charge in [-0.3, -0.25) is 0 Å². The van der Waals surface area contributed by atoms with E-state index in [0.29, 0.717) is 11.9 Å². The lowest BCUT2D eigenvalue weighted by atomic mass is 10.0. The molecule has 3 rings (SSSR count). The van der Waals surface area contributed by atoms with Gasteiger partial charge in [0, 0.05) is 12.1 Å². The molecule has 0 saturated carbocycles. The van der Waals surface area contributed by atoms with Crippen LogP contribution in [0.2, 0.25) is 0 Å². The van der Waals surface area contributed by atoms with E-state index in [1.807, 2.05) is 0 Å². The quantitative estimate of drug-likeness (QED) is 0.835. The van der Waals surface area contributed by atoms with Crippen LogP contribution in [0, 0.1) is 0 Å². The minimum absolute atomic E-state index is 0.0351. The van der Waals surface area contributed by atoms with Crippen LogP contribution in [0.1, 0.15) is 26.7 Å². The van der Waals surface area contributed by atoms with Crippen molar-refractivity contribution in [2.24, 2.45) is 0 Å². The molecule has 1 fully saturated rings. The summed E-state index contributed by atoms with van der Waals surface area (Å²) in [6.45, 7) is 5.28. The van der Waals surface area contributed by atoms with E-state index in [4.69, 9.17) is 5.73 Å². The Labute approximate surface area is 110 Å². The molecule has 0 spiro atoms. The lowest BCUT2D eigenvalue weighted by Crippen LogP contribution is -2.39. The van der Waals surface area contributed by atoms with Gasteiger partial charge < -0.3 is 10.6 Å². The number of aromatic nitrogens is 6. The van der Waals surface area contributed by atoms with Crippen LogP contribution in [-0.2, 0) is 0 Å². The smallest absolute Gasteiger partial charge is 0.258 e. The maximum absolute atomic E-state index is 5.77. The minimum atomic E-state index is 0.0351. The molecular weight excluding hydrogens is 244 g/mol. The number of nitrogen functional groups attached to an aromatic ring is 1. The molecule has 2 N–H and O–H groups in total. The van der Waals surface area contributed by atoms with E-state index >= 15 is 0 Å². The highest BCUT2D eigenvalue weighted by atomic mass is 15.4. The van der Waals surface area contributed by atoms with Crippen molar-refractivity contribution in [3.63, 3.8) is 0 Å². The molecule has 2 aromatic rings. The van der Waals surface area contributed by atoms with Gasteiger partial charge in [0.1, 0.15) is 12.7 Å². The first kappa shape index (κ1) is 11.8. The van der Waals surface area contributed by atoms with Crippen LogP contribution >= 0.6 is 0 Å². The third-order valence-electron chi connectivity index (χ3n) is 3.40. The summed E-state index contributed by atoms with van der Waals surface area (Å²) < 4.78 is 1.48. The Bertz CT molecular complexity index is 576. The van der Waals surface area contributed by atoms with Crippen LogP contribution in [0.4, 0.5) is 11.9 Å². The summed E-state index contributed by atoms with van der Waals surface area (Å²) in [5.74, 6) is 1.18. The van der Waals surface area contributed by atoms with Crippen molar-refractivity contribution in [2.75, 3.05) is 17.2 Å². The van der Waals surface area contributed by atoms with Crippen molar-refractivity contribution in [1.82, 2.24) is 29.7 Å². The van der Waals surface area contributed by atoms with Gasteiger partial charge in [-0.1, -0.05) is 0 Å². The number of nitrogens with zero attached hydrogens (tertiary/aromatic N) is 7. The largest absolute Gasteiger partial charge is 0.368 e. The maximum atomic E-state index is 5.77. The third kappa shape index (κ3) is 2.09. The summed E-state index contributed by atoms with van der Waals surface area (Å²) in [6.07, 6.45) is 5.20. The fraction of sp³-hybridized carbons (Fsp3) is 0.545. The first-order chi connectivity index (χ1) is 9.06. The zero-order valence-electron chi connectivity index (χ0n) is 11.0. The molecule has 1 saturated heterocycles. The van der Waals surface area contributed by atoms with Crippen molar-refractivity contribution < 1.29 is 0 Å². The van der Waals surface area contributed by atoms with E-state index in [2.05, 4.69) is 43.8 Å². The van der Waals surface area contributed by atoms with Crippen LogP contribution in [0.3, 0.4) is 0 Å². The molecule has 2 aromatic heterocycles. The average molecular weight is 260 g/mol. The zero-order chi connectivity index (χ0) is 13.5. The van der Waals surface area contributed by atoms with Gasteiger partial charge in [-0.25, -0.2) is 4.98 Å². The van der Waals surface area contributed by atoms with Crippen molar-refractivity contribution in [1.29, 1.82) is 0 Å². The molecule has 8 nitrogen and oxygen atoms in total. The Morgan fingerprint density at radius 2 is 2.00 bits per heavy atom.